The van der Waals surface area contributed by atoms with Crippen LogP contribution >= 0.6 is 0 Å². The average Bonchev–Trinajstić information content (AvgIpc) is 2.29. The highest BCUT2D eigenvalue weighted by molar-refractivity contribution is 5.74. The van der Waals surface area contributed by atoms with Gasteiger partial charge >= 0.3 is 5.97 Å². The predicted molar refractivity (Wildman–Crippen MR) is 57.2 cm³/mol. The molecular formula is C11H21NO3. The summed E-state index contributed by atoms with van der Waals surface area (Å²) in [5.74, 6) is -0.126. The third kappa shape index (κ3) is 3.80. The number of aliphatic hydroxyl groups excluding tert-OH is 1. The second-order valence-electron chi connectivity index (χ2n) is 4.34. The van der Waals surface area contributed by atoms with Crippen molar-refractivity contribution in [3.63, 3.8) is 0 Å². The van der Waals surface area contributed by atoms with Crippen molar-refractivity contribution in [1.82, 2.24) is 0 Å². The second-order valence-corrected chi connectivity index (χ2v) is 4.34. The molecule has 0 aromatic carbocycles. The van der Waals surface area contributed by atoms with Gasteiger partial charge in [-0.1, -0.05) is 19.3 Å². The van der Waals surface area contributed by atoms with Crippen molar-refractivity contribution in [2.75, 3.05) is 7.11 Å². The van der Waals surface area contributed by atoms with Crippen LogP contribution in [0.2, 0.25) is 0 Å². The van der Waals surface area contributed by atoms with Crippen LogP contribution in [-0.4, -0.2) is 30.3 Å². The van der Waals surface area contributed by atoms with Crippen LogP contribution in [0.1, 0.15) is 38.5 Å². The third-order valence-corrected chi connectivity index (χ3v) is 3.22. The molecule has 0 radical (unpaired) electrons. The van der Waals surface area contributed by atoms with E-state index in [0.29, 0.717) is 12.3 Å². The van der Waals surface area contributed by atoms with Gasteiger partial charge in [0, 0.05) is 6.04 Å². The smallest absolute Gasteiger partial charge is 0.334 e. The first-order chi connectivity index (χ1) is 7.15. The zero-order chi connectivity index (χ0) is 11.3. The molecule has 0 spiro atoms. The van der Waals surface area contributed by atoms with E-state index in [0.717, 1.165) is 12.8 Å². The van der Waals surface area contributed by atoms with Crippen LogP contribution < -0.4 is 5.73 Å². The average molecular weight is 215 g/mol. The summed E-state index contributed by atoms with van der Waals surface area (Å²) in [6, 6.07) is -0.0839. The van der Waals surface area contributed by atoms with E-state index >= 15 is 0 Å². The van der Waals surface area contributed by atoms with Gasteiger partial charge in [0.2, 0.25) is 0 Å². The highest BCUT2D eigenvalue weighted by Crippen LogP contribution is 2.27. The molecule has 1 aliphatic carbocycles. The molecule has 3 N–H and O–H groups in total. The first-order valence-electron chi connectivity index (χ1n) is 5.66. The van der Waals surface area contributed by atoms with Gasteiger partial charge in [-0.05, 0) is 25.2 Å². The summed E-state index contributed by atoms with van der Waals surface area (Å²) in [6.07, 6.45) is 5.20. The van der Waals surface area contributed by atoms with Crippen LogP contribution in [0.15, 0.2) is 0 Å². The number of hydrogen-bond donors (Lipinski definition) is 2. The van der Waals surface area contributed by atoms with Crippen molar-refractivity contribution < 1.29 is 14.6 Å². The normalized spacial score (nSPS) is 22.1. The minimum Gasteiger partial charge on any atom is -0.467 e. The number of esters is 1. The molecular weight excluding hydrogens is 194 g/mol. The maximum atomic E-state index is 11.0. The zero-order valence-electron chi connectivity index (χ0n) is 9.32. The first-order valence-corrected chi connectivity index (χ1v) is 5.66. The molecule has 1 rings (SSSR count). The Hall–Kier alpha value is -0.610. The van der Waals surface area contributed by atoms with E-state index in [9.17, 15) is 9.90 Å². The number of methoxy groups -OCH3 is 1. The Labute approximate surface area is 90.8 Å². The topological polar surface area (TPSA) is 72.5 Å². The van der Waals surface area contributed by atoms with Crippen LogP contribution in [-0.2, 0) is 9.53 Å². The van der Waals surface area contributed by atoms with Gasteiger partial charge in [0.15, 0.2) is 6.10 Å². The molecule has 15 heavy (non-hydrogen) atoms. The molecule has 88 valence electrons. The van der Waals surface area contributed by atoms with Gasteiger partial charge in [-0.2, -0.15) is 0 Å². The van der Waals surface area contributed by atoms with Crippen molar-refractivity contribution in [2.45, 2.75) is 50.7 Å². The van der Waals surface area contributed by atoms with Crippen LogP contribution in [0.25, 0.3) is 0 Å². The largest absolute Gasteiger partial charge is 0.467 e. The monoisotopic (exact) mass is 215 g/mol. The molecule has 0 aromatic rings. The number of aliphatic hydroxyl groups is 1. The fourth-order valence-electron chi connectivity index (χ4n) is 2.24. The lowest BCUT2D eigenvalue weighted by atomic mass is 9.82. The lowest BCUT2D eigenvalue weighted by Crippen LogP contribution is -2.37. The lowest BCUT2D eigenvalue weighted by molar-refractivity contribution is -0.151. The SMILES string of the molecule is COC(=O)C(O)CC(N)C1CCCCC1. The summed E-state index contributed by atoms with van der Waals surface area (Å²) < 4.78 is 4.46. The van der Waals surface area contributed by atoms with E-state index in [1.165, 1.54) is 26.4 Å². The van der Waals surface area contributed by atoms with Gasteiger partial charge in [0.25, 0.3) is 0 Å². The molecule has 0 saturated heterocycles. The summed E-state index contributed by atoms with van der Waals surface area (Å²) in [4.78, 5) is 11.0. The van der Waals surface area contributed by atoms with E-state index in [4.69, 9.17) is 5.73 Å². The van der Waals surface area contributed by atoms with E-state index in [1.807, 2.05) is 0 Å². The molecule has 1 fully saturated rings. The highest BCUT2D eigenvalue weighted by atomic mass is 16.5. The van der Waals surface area contributed by atoms with Crippen LogP contribution in [0, 0.1) is 5.92 Å². The van der Waals surface area contributed by atoms with Gasteiger partial charge in [-0.15, -0.1) is 0 Å². The van der Waals surface area contributed by atoms with Gasteiger partial charge < -0.3 is 15.6 Å². The number of carbonyl (C=O) groups is 1. The van der Waals surface area contributed by atoms with Crippen molar-refractivity contribution in [2.24, 2.45) is 11.7 Å². The van der Waals surface area contributed by atoms with Crippen molar-refractivity contribution in [1.29, 1.82) is 0 Å². The standard InChI is InChI=1S/C11H21NO3/c1-15-11(14)10(13)7-9(12)8-5-3-2-4-6-8/h8-10,13H,2-7,12H2,1H3. The van der Waals surface area contributed by atoms with E-state index in [-0.39, 0.29) is 6.04 Å². The predicted octanol–water partition coefficient (Wildman–Crippen LogP) is 0.818. The number of ether oxygens (including phenoxy) is 1. The zero-order valence-corrected chi connectivity index (χ0v) is 9.32. The maximum Gasteiger partial charge on any atom is 0.334 e. The molecule has 0 aromatic heterocycles. The number of carbonyl (C=O) groups excluding carboxylic acids is 1. The van der Waals surface area contributed by atoms with Crippen LogP contribution in [0.5, 0.6) is 0 Å². The Morgan fingerprint density at radius 3 is 2.60 bits per heavy atom. The van der Waals surface area contributed by atoms with Crippen LogP contribution in [0.4, 0.5) is 0 Å². The van der Waals surface area contributed by atoms with E-state index in [1.54, 1.807) is 0 Å². The molecule has 0 bridgehead atoms. The quantitative estimate of drug-likeness (QED) is 0.681. The third-order valence-electron chi connectivity index (χ3n) is 3.22. The Bertz CT molecular complexity index is 202. The van der Waals surface area contributed by atoms with E-state index < -0.39 is 12.1 Å². The van der Waals surface area contributed by atoms with Gasteiger partial charge in [-0.25, -0.2) is 4.79 Å². The number of nitrogens with two attached hydrogens (primary N) is 1. The van der Waals surface area contributed by atoms with Gasteiger partial charge in [-0.3, -0.25) is 0 Å². The Kier molecular flexibility index (Phi) is 5.05. The molecule has 0 aliphatic heterocycles. The number of hydrogen-bond acceptors (Lipinski definition) is 4. The maximum absolute atomic E-state index is 11.0. The summed E-state index contributed by atoms with van der Waals surface area (Å²) in [6.45, 7) is 0. The molecule has 1 aliphatic rings. The first kappa shape index (κ1) is 12.5. The van der Waals surface area contributed by atoms with Gasteiger partial charge in [0.1, 0.15) is 0 Å². The molecule has 2 unspecified atom stereocenters. The lowest BCUT2D eigenvalue weighted by Gasteiger charge is -2.28. The number of rotatable bonds is 4. The fraction of sp³-hybridized carbons (Fsp3) is 0.909. The minimum absolute atomic E-state index is 0.0839. The Balaban J connectivity index is 2.33. The summed E-state index contributed by atoms with van der Waals surface area (Å²) in [5, 5.41) is 9.46. The molecule has 4 nitrogen and oxygen atoms in total. The summed E-state index contributed by atoms with van der Waals surface area (Å²) in [5.41, 5.74) is 5.97. The van der Waals surface area contributed by atoms with Gasteiger partial charge in [0.05, 0.1) is 7.11 Å². The minimum atomic E-state index is -1.06. The molecule has 1 saturated carbocycles. The molecule has 0 heterocycles. The fourth-order valence-corrected chi connectivity index (χ4v) is 2.24. The summed E-state index contributed by atoms with van der Waals surface area (Å²) in [7, 11) is 1.28. The molecule has 2 atom stereocenters. The molecule has 0 amide bonds. The molecule has 4 heteroatoms. The Morgan fingerprint density at radius 1 is 1.47 bits per heavy atom. The van der Waals surface area contributed by atoms with Crippen molar-refractivity contribution in [3.05, 3.63) is 0 Å². The Morgan fingerprint density at radius 2 is 2.07 bits per heavy atom. The van der Waals surface area contributed by atoms with Crippen molar-refractivity contribution >= 4 is 5.97 Å². The van der Waals surface area contributed by atoms with Crippen molar-refractivity contribution in [3.8, 4) is 0 Å². The highest BCUT2D eigenvalue weighted by Gasteiger charge is 2.25. The summed E-state index contributed by atoms with van der Waals surface area (Å²) >= 11 is 0. The van der Waals surface area contributed by atoms with E-state index in [2.05, 4.69) is 4.74 Å². The van der Waals surface area contributed by atoms with Crippen LogP contribution in [0.3, 0.4) is 0 Å². The second kappa shape index (κ2) is 6.08.